The molecule has 2 saturated carbocycles. The molecule has 0 radical (unpaired) electrons. The molecule has 2 saturated heterocycles. The zero-order valence-corrected chi connectivity index (χ0v) is 20.7. The summed E-state index contributed by atoms with van der Waals surface area (Å²) in [7, 11) is 0. The summed E-state index contributed by atoms with van der Waals surface area (Å²) in [6.45, 7) is 10.7. The largest absolute Gasteiger partial charge is 0.393 e. The van der Waals surface area contributed by atoms with Crippen molar-refractivity contribution in [2.45, 2.75) is 121 Å². The highest BCUT2D eigenvalue weighted by Crippen LogP contribution is 2.64. The van der Waals surface area contributed by atoms with Crippen LogP contribution in [0.25, 0.3) is 0 Å². The van der Waals surface area contributed by atoms with Crippen LogP contribution in [0.15, 0.2) is 16.6 Å². The van der Waals surface area contributed by atoms with E-state index in [0.717, 1.165) is 38.6 Å². The second-order valence-corrected chi connectivity index (χ2v) is 12.9. The third-order valence-electron chi connectivity index (χ3n) is 11.1. The van der Waals surface area contributed by atoms with Gasteiger partial charge in [-0.3, -0.25) is 4.99 Å². The number of fused-ring (bicyclic) bond motifs is 3. The van der Waals surface area contributed by atoms with Gasteiger partial charge in [0.1, 0.15) is 0 Å². The maximum absolute atomic E-state index is 10.3. The summed E-state index contributed by atoms with van der Waals surface area (Å²) >= 11 is 0. The number of rotatable bonds is 0. The summed E-state index contributed by atoms with van der Waals surface area (Å²) in [5.74, 6) is 2.57. The van der Waals surface area contributed by atoms with Crippen LogP contribution in [0.1, 0.15) is 91.9 Å². The Balaban J connectivity index is 1.33. The summed E-state index contributed by atoms with van der Waals surface area (Å²) in [4.78, 5) is 5.70. The van der Waals surface area contributed by atoms with Crippen LogP contribution in [0.3, 0.4) is 0 Å². The van der Waals surface area contributed by atoms with Gasteiger partial charge in [-0.2, -0.15) is 0 Å². The lowest BCUT2D eigenvalue weighted by Gasteiger charge is -2.54. The van der Waals surface area contributed by atoms with Crippen molar-refractivity contribution in [3.63, 3.8) is 0 Å². The van der Waals surface area contributed by atoms with Crippen molar-refractivity contribution in [3.05, 3.63) is 11.6 Å². The fraction of sp³-hybridized carbons (Fsp3) is 0.893. The average Bonchev–Trinajstić information content (AvgIpc) is 3.22. The lowest BCUT2D eigenvalue weighted by Crippen LogP contribution is -2.53. The lowest BCUT2D eigenvalue weighted by atomic mass is 9.53. The molecule has 3 heterocycles. The molecule has 32 heavy (non-hydrogen) atoms. The molecule has 10 atom stereocenters. The van der Waals surface area contributed by atoms with Crippen LogP contribution in [0.5, 0.6) is 0 Å². The smallest absolute Gasteiger partial charge is 0.0780 e. The summed E-state index contributed by atoms with van der Waals surface area (Å²) in [5.41, 5.74) is 3.16. The fourth-order valence-corrected chi connectivity index (χ4v) is 9.43. The van der Waals surface area contributed by atoms with Crippen molar-refractivity contribution in [1.82, 2.24) is 5.32 Å². The van der Waals surface area contributed by atoms with Crippen LogP contribution >= 0.6 is 0 Å². The molecule has 6 aliphatic rings. The average molecular weight is 441 g/mol. The Labute approximate surface area is 194 Å². The first-order chi connectivity index (χ1) is 15.3. The molecule has 0 aromatic rings. The third-order valence-corrected chi connectivity index (χ3v) is 11.1. The zero-order valence-electron chi connectivity index (χ0n) is 20.7. The highest BCUT2D eigenvalue weighted by molar-refractivity contribution is 5.84. The summed E-state index contributed by atoms with van der Waals surface area (Å²) in [6, 6.07) is 0.511. The van der Waals surface area contributed by atoms with E-state index in [1.54, 1.807) is 0 Å². The Kier molecular flexibility index (Phi) is 5.04. The Bertz CT molecular complexity index is 837. The molecule has 3 aliphatic carbocycles. The predicted octanol–water partition coefficient (Wildman–Crippen LogP) is 5.05. The quantitative estimate of drug-likeness (QED) is 0.518. The van der Waals surface area contributed by atoms with Gasteiger partial charge in [0, 0.05) is 24.1 Å². The predicted molar refractivity (Wildman–Crippen MR) is 129 cm³/mol. The molecule has 0 bridgehead atoms. The molecule has 6 rings (SSSR count). The van der Waals surface area contributed by atoms with E-state index in [4.69, 9.17) is 9.73 Å². The first-order valence-electron chi connectivity index (χ1n) is 13.6. The van der Waals surface area contributed by atoms with Gasteiger partial charge in [-0.05, 0) is 94.4 Å². The molecular weight excluding hydrogens is 396 g/mol. The lowest BCUT2D eigenvalue weighted by molar-refractivity contribution is -0.0724. The number of piperidine rings is 1. The molecule has 178 valence electrons. The van der Waals surface area contributed by atoms with Gasteiger partial charge in [-0.15, -0.1) is 0 Å². The van der Waals surface area contributed by atoms with Gasteiger partial charge in [0.05, 0.1) is 23.3 Å². The van der Waals surface area contributed by atoms with Crippen molar-refractivity contribution in [2.24, 2.45) is 34.1 Å². The molecule has 2 spiro atoms. The van der Waals surface area contributed by atoms with E-state index in [9.17, 15) is 5.11 Å². The SMILES string of the molecule is CC1=N[C@@]23CC=C4CC(O)CC[C@]4(C)[C@H]2CC[C@H]3CC[C@@]2(C1)O[C@@H]1CC(C)CNC1[C@H]2C. The topological polar surface area (TPSA) is 53.9 Å². The molecular formula is C28H44N2O2. The van der Waals surface area contributed by atoms with Gasteiger partial charge in [0.2, 0.25) is 0 Å². The number of nitrogens with zero attached hydrogens (tertiary/aromatic N) is 1. The molecule has 3 aliphatic heterocycles. The van der Waals surface area contributed by atoms with Crippen LogP contribution in [-0.4, -0.2) is 46.8 Å². The minimum Gasteiger partial charge on any atom is -0.393 e. The molecule has 0 aromatic carbocycles. The van der Waals surface area contributed by atoms with Crippen LogP contribution in [0, 0.1) is 29.1 Å². The number of aliphatic hydroxyl groups excluding tert-OH is 1. The molecule has 4 fully saturated rings. The number of hydrogen-bond donors (Lipinski definition) is 2. The second-order valence-electron chi connectivity index (χ2n) is 12.9. The minimum absolute atomic E-state index is 0.0335. The standard InChI is InChI=1S/C28H44N2O2/c1-17-13-23-25(29-16-17)19(3)27(32-23)11-7-20-5-6-24-26(4)10-9-22(31)14-21(26)8-12-28(20,24)30-18(2)15-27/h8,17,19-20,22-25,29,31H,5-7,9-16H2,1-4H3/t17?,19-,20+,22?,23-,24-,25?,26+,27+,28-/m1/s1. The summed E-state index contributed by atoms with van der Waals surface area (Å²) in [5, 5.41) is 14.2. The normalized spacial score (nSPS) is 55.1. The summed E-state index contributed by atoms with van der Waals surface area (Å²) < 4.78 is 7.00. The Morgan fingerprint density at radius 3 is 2.84 bits per heavy atom. The monoisotopic (exact) mass is 440 g/mol. The number of nitrogens with one attached hydrogen (secondary N) is 1. The summed E-state index contributed by atoms with van der Waals surface area (Å²) in [6.07, 6.45) is 14.1. The molecule has 0 aromatic heterocycles. The first-order valence-corrected chi connectivity index (χ1v) is 13.6. The second kappa shape index (κ2) is 7.39. The molecule has 2 N–H and O–H groups in total. The van der Waals surface area contributed by atoms with Gasteiger partial charge < -0.3 is 15.2 Å². The first kappa shape index (κ1) is 21.8. The maximum atomic E-state index is 10.3. The number of hydrogen-bond acceptors (Lipinski definition) is 4. The molecule has 3 unspecified atom stereocenters. The molecule has 0 amide bonds. The number of ether oxygens (including phenoxy) is 1. The van der Waals surface area contributed by atoms with Crippen LogP contribution < -0.4 is 5.32 Å². The van der Waals surface area contributed by atoms with Gasteiger partial charge >= 0.3 is 0 Å². The van der Waals surface area contributed by atoms with Gasteiger partial charge in [-0.25, -0.2) is 0 Å². The third kappa shape index (κ3) is 3.01. The van der Waals surface area contributed by atoms with E-state index < -0.39 is 0 Å². The van der Waals surface area contributed by atoms with Crippen LogP contribution in [0.2, 0.25) is 0 Å². The van der Waals surface area contributed by atoms with E-state index in [1.165, 1.54) is 43.4 Å². The Hall–Kier alpha value is -0.710. The van der Waals surface area contributed by atoms with Crippen molar-refractivity contribution in [3.8, 4) is 0 Å². The Morgan fingerprint density at radius 1 is 1.16 bits per heavy atom. The van der Waals surface area contributed by atoms with Gasteiger partial charge in [-0.1, -0.05) is 32.4 Å². The van der Waals surface area contributed by atoms with Crippen LogP contribution in [-0.2, 0) is 4.74 Å². The van der Waals surface area contributed by atoms with E-state index >= 15 is 0 Å². The van der Waals surface area contributed by atoms with E-state index in [1.807, 2.05) is 0 Å². The number of aliphatic imine (C=N–C) groups is 1. The van der Waals surface area contributed by atoms with Crippen LogP contribution in [0.4, 0.5) is 0 Å². The Morgan fingerprint density at radius 2 is 2.00 bits per heavy atom. The highest BCUT2D eigenvalue weighted by atomic mass is 16.5. The zero-order chi connectivity index (χ0) is 22.3. The van der Waals surface area contributed by atoms with Crippen molar-refractivity contribution in [2.75, 3.05) is 6.54 Å². The number of aliphatic hydroxyl groups is 1. The fourth-order valence-electron chi connectivity index (χ4n) is 9.43. The van der Waals surface area contributed by atoms with Crippen molar-refractivity contribution in [1.29, 1.82) is 0 Å². The molecule has 4 nitrogen and oxygen atoms in total. The minimum atomic E-state index is -0.135. The van der Waals surface area contributed by atoms with Gasteiger partial charge in [0.25, 0.3) is 0 Å². The molecule has 4 heteroatoms. The highest BCUT2D eigenvalue weighted by Gasteiger charge is 2.62. The van der Waals surface area contributed by atoms with E-state index in [-0.39, 0.29) is 22.7 Å². The van der Waals surface area contributed by atoms with Crippen molar-refractivity contribution >= 4 is 5.71 Å². The van der Waals surface area contributed by atoms with E-state index in [0.29, 0.717) is 35.8 Å². The van der Waals surface area contributed by atoms with E-state index in [2.05, 4.69) is 39.1 Å². The maximum Gasteiger partial charge on any atom is 0.0780 e. The van der Waals surface area contributed by atoms with Gasteiger partial charge in [0.15, 0.2) is 0 Å². The van der Waals surface area contributed by atoms with Crippen molar-refractivity contribution < 1.29 is 9.84 Å².